The molecule has 1 aromatic carbocycles. The Morgan fingerprint density at radius 2 is 1.90 bits per heavy atom. The van der Waals surface area contributed by atoms with Crippen LogP contribution in [-0.4, -0.2) is 78.9 Å². The first-order chi connectivity index (χ1) is 20.3. The number of piperidine rings is 1. The van der Waals surface area contributed by atoms with Crippen LogP contribution in [0.1, 0.15) is 48.7 Å². The van der Waals surface area contributed by atoms with Crippen LogP contribution in [0.4, 0.5) is 15.0 Å². The van der Waals surface area contributed by atoms with Crippen molar-refractivity contribution < 1.29 is 19.0 Å². The lowest BCUT2D eigenvalue weighted by Gasteiger charge is -2.39. The van der Waals surface area contributed by atoms with Gasteiger partial charge in [0, 0.05) is 31.1 Å². The SMILES string of the molecule is Cc1cc(OCC2(c3ccccc3)CC2)cn2nc(C(O)CN3CC4(CCN(c5cc(F)ncn5)CC4)NC3=O)nc12. The fraction of sp³-hybridized carbons (Fsp3) is 0.433. The highest BCUT2D eigenvalue weighted by atomic mass is 19.1. The number of aliphatic hydroxyl groups excluding tert-OH is 1. The van der Waals surface area contributed by atoms with Crippen LogP contribution in [-0.2, 0) is 5.41 Å². The number of hydrogen-bond donors (Lipinski definition) is 2. The van der Waals surface area contributed by atoms with Crippen molar-refractivity contribution in [2.24, 2.45) is 0 Å². The first kappa shape index (κ1) is 26.6. The van der Waals surface area contributed by atoms with Gasteiger partial charge in [-0.3, -0.25) is 0 Å². The third-order valence-electron chi connectivity index (χ3n) is 8.87. The number of aromatic nitrogens is 5. The van der Waals surface area contributed by atoms with E-state index >= 15 is 0 Å². The summed E-state index contributed by atoms with van der Waals surface area (Å²) >= 11 is 0. The number of nitrogens with one attached hydrogen (secondary N) is 1. The molecule has 11 nitrogen and oxygen atoms in total. The Labute approximate surface area is 242 Å². The molecule has 1 atom stereocenters. The smallest absolute Gasteiger partial charge is 0.318 e. The minimum Gasteiger partial charge on any atom is -0.491 e. The normalized spacial score (nSPS) is 19.7. The van der Waals surface area contributed by atoms with Crippen LogP contribution in [0.3, 0.4) is 0 Å². The quantitative estimate of drug-likeness (QED) is 0.309. The number of aryl methyl sites for hydroxylation is 1. The van der Waals surface area contributed by atoms with Crippen LogP contribution in [0.15, 0.2) is 55.0 Å². The molecule has 3 aliphatic rings. The summed E-state index contributed by atoms with van der Waals surface area (Å²) in [6, 6.07) is 13.5. The number of benzene rings is 1. The number of hydrogen-bond acceptors (Lipinski definition) is 8. The molecule has 5 heterocycles. The van der Waals surface area contributed by atoms with E-state index in [0.717, 1.165) is 18.4 Å². The molecule has 2 aliphatic heterocycles. The number of anilines is 1. The predicted octanol–water partition coefficient (Wildman–Crippen LogP) is 3.18. The van der Waals surface area contributed by atoms with Crippen molar-refractivity contribution in [3.05, 3.63) is 77.9 Å². The lowest BCUT2D eigenvalue weighted by atomic mass is 9.88. The molecule has 2 saturated heterocycles. The lowest BCUT2D eigenvalue weighted by molar-refractivity contribution is 0.121. The van der Waals surface area contributed by atoms with E-state index in [1.54, 1.807) is 15.6 Å². The molecule has 2 N–H and O–H groups in total. The molecule has 3 aromatic heterocycles. The number of halogens is 1. The van der Waals surface area contributed by atoms with Crippen LogP contribution in [0.2, 0.25) is 0 Å². The molecule has 218 valence electrons. The van der Waals surface area contributed by atoms with Gasteiger partial charge in [-0.15, -0.1) is 5.10 Å². The Morgan fingerprint density at radius 3 is 2.64 bits per heavy atom. The molecule has 0 bridgehead atoms. The van der Waals surface area contributed by atoms with E-state index in [2.05, 4.69) is 49.6 Å². The molecule has 42 heavy (non-hydrogen) atoms. The summed E-state index contributed by atoms with van der Waals surface area (Å²) in [6.07, 6.45) is 5.52. The number of carbonyl (C=O) groups excluding carboxylic acids is 1. The summed E-state index contributed by atoms with van der Waals surface area (Å²) in [5.74, 6) is 0.931. The van der Waals surface area contributed by atoms with Crippen LogP contribution < -0.4 is 15.0 Å². The number of amides is 2. The molecule has 2 amide bonds. The average Bonchev–Trinajstić information content (AvgIpc) is 3.56. The average molecular weight is 573 g/mol. The number of β-amino-alcohol motifs (C(OH)–C–C–N with tert-alkyl or cyclic N) is 1. The Kier molecular flexibility index (Phi) is 6.45. The minimum atomic E-state index is -1.05. The maximum atomic E-state index is 13.5. The second-order valence-corrected chi connectivity index (χ2v) is 11.8. The van der Waals surface area contributed by atoms with Gasteiger partial charge in [-0.1, -0.05) is 30.3 Å². The minimum absolute atomic E-state index is 0.0615. The first-order valence-corrected chi connectivity index (χ1v) is 14.3. The Hall–Kier alpha value is -4.32. The van der Waals surface area contributed by atoms with Crippen molar-refractivity contribution >= 4 is 17.5 Å². The van der Waals surface area contributed by atoms with Gasteiger partial charge >= 0.3 is 6.03 Å². The maximum Gasteiger partial charge on any atom is 0.318 e. The molecule has 12 heteroatoms. The number of ether oxygens (including phenoxy) is 1. The van der Waals surface area contributed by atoms with Crippen molar-refractivity contribution in [3.63, 3.8) is 0 Å². The number of rotatable bonds is 8. The molecule has 7 rings (SSSR count). The van der Waals surface area contributed by atoms with E-state index in [1.807, 2.05) is 24.0 Å². The van der Waals surface area contributed by atoms with Crippen molar-refractivity contribution in [3.8, 4) is 5.75 Å². The number of fused-ring (bicyclic) bond motifs is 1. The monoisotopic (exact) mass is 572 g/mol. The van der Waals surface area contributed by atoms with Gasteiger partial charge in [-0.2, -0.15) is 4.39 Å². The van der Waals surface area contributed by atoms with E-state index in [1.165, 1.54) is 18.0 Å². The Balaban J connectivity index is 0.992. The van der Waals surface area contributed by atoms with Gasteiger partial charge < -0.3 is 25.0 Å². The van der Waals surface area contributed by atoms with Gasteiger partial charge in [-0.05, 0) is 49.8 Å². The predicted molar refractivity (Wildman–Crippen MR) is 152 cm³/mol. The molecular weight excluding hydrogens is 539 g/mol. The Morgan fingerprint density at radius 1 is 1.12 bits per heavy atom. The van der Waals surface area contributed by atoms with E-state index in [-0.39, 0.29) is 23.8 Å². The van der Waals surface area contributed by atoms with E-state index in [4.69, 9.17) is 4.74 Å². The molecule has 1 aliphatic carbocycles. The summed E-state index contributed by atoms with van der Waals surface area (Å²) < 4.78 is 21.4. The maximum absolute atomic E-state index is 13.5. The van der Waals surface area contributed by atoms with Gasteiger partial charge in [0.05, 0.1) is 24.9 Å². The summed E-state index contributed by atoms with van der Waals surface area (Å²) in [4.78, 5) is 28.8. The van der Waals surface area contributed by atoms with Gasteiger partial charge in [0.2, 0.25) is 5.95 Å². The highest BCUT2D eigenvalue weighted by molar-refractivity contribution is 5.78. The number of aliphatic hydroxyl groups is 1. The van der Waals surface area contributed by atoms with E-state index in [0.29, 0.717) is 56.3 Å². The third-order valence-corrected chi connectivity index (χ3v) is 8.87. The summed E-state index contributed by atoms with van der Waals surface area (Å²) in [5.41, 5.74) is 2.47. The molecule has 1 spiro atoms. The fourth-order valence-corrected chi connectivity index (χ4v) is 6.20. The number of nitrogens with zero attached hydrogens (tertiary/aromatic N) is 7. The molecule has 1 unspecified atom stereocenters. The largest absolute Gasteiger partial charge is 0.491 e. The van der Waals surface area contributed by atoms with Crippen molar-refractivity contribution in [2.75, 3.05) is 37.7 Å². The van der Waals surface area contributed by atoms with Crippen molar-refractivity contribution in [2.45, 2.75) is 49.7 Å². The fourth-order valence-electron chi connectivity index (χ4n) is 6.20. The van der Waals surface area contributed by atoms with Crippen LogP contribution in [0.5, 0.6) is 5.75 Å². The van der Waals surface area contributed by atoms with Crippen molar-refractivity contribution in [1.29, 1.82) is 0 Å². The second-order valence-electron chi connectivity index (χ2n) is 11.8. The zero-order valence-electron chi connectivity index (χ0n) is 23.4. The van der Waals surface area contributed by atoms with Gasteiger partial charge in [-0.25, -0.2) is 24.3 Å². The zero-order valence-corrected chi connectivity index (χ0v) is 23.4. The molecular formula is C30H33FN8O3. The van der Waals surface area contributed by atoms with Gasteiger partial charge in [0.25, 0.3) is 0 Å². The summed E-state index contributed by atoms with van der Waals surface area (Å²) in [7, 11) is 0. The topological polar surface area (TPSA) is 121 Å². The van der Waals surface area contributed by atoms with Crippen LogP contribution in [0.25, 0.3) is 5.65 Å². The highest BCUT2D eigenvalue weighted by Crippen LogP contribution is 2.48. The van der Waals surface area contributed by atoms with E-state index in [9.17, 15) is 14.3 Å². The lowest BCUT2D eigenvalue weighted by Crippen LogP contribution is -2.52. The third kappa shape index (κ3) is 5.00. The van der Waals surface area contributed by atoms with Gasteiger partial charge in [0.1, 0.15) is 24.0 Å². The number of urea groups is 1. The van der Waals surface area contributed by atoms with Crippen molar-refractivity contribution in [1.82, 2.24) is 34.8 Å². The standard InChI is InChI=1S/C30H33FN8O3/c1-20-13-22(42-18-29(7-8-29)21-5-3-2-4-6-21)15-39-27(20)34-26(36-39)23(40)16-38-17-30(35-28(38)41)9-11-37(12-10-30)25-14-24(31)32-19-33-25/h2-6,13-15,19,23,40H,7-12,16-18H2,1H3,(H,35,41). The Bertz CT molecular complexity index is 1620. The summed E-state index contributed by atoms with van der Waals surface area (Å²) in [5, 5.41) is 18.7. The second kappa shape index (κ2) is 10.2. The molecule has 1 saturated carbocycles. The first-order valence-electron chi connectivity index (χ1n) is 14.3. The van der Waals surface area contributed by atoms with Gasteiger partial charge in [0.15, 0.2) is 11.5 Å². The van der Waals surface area contributed by atoms with Crippen LogP contribution in [0, 0.1) is 12.9 Å². The highest BCUT2D eigenvalue weighted by Gasteiger charge is 2.46. The van der Waals surface area contributed by atoms with Crippen LogP contribution >= 0.6 is 0 Å². The summed E-state index contributed by atoms with van der Waals surface area (Å²) in [6.45, 7) is 4.31. The van der Waals surface area contributed by atoms with E-state index < -0.39 is 17.6 Å². The molecule has 3 fully saturated rings. The number of pyridine rings is 1. The number of carbonyl (C=O) groups is 1. The zero-order chi connectivity index (χ0) is 28.9. The molecule has 4 aromatic rings. The molecule has 0 radical (unpaired) electrons.